The zero-order chi connectivity index (χ0) is 15.4. The van der Waals surface area contributed by atoms with Gasteiger partial charge in [-0.1, -0.05) is 0 Å². The monoisotopic (exact) mass is 303 g/mol. The van der Waals surface area contributed by atoms with Gasteiger partial charge >= 0.3 is 0 Å². The van der Waals surface area contributed by atoms with Crippen LogP contribution in [-0.4, -0.2) is 23.1 Å². The number of hydrogen-bond donors (Lipinski definition) is 2. The van der Waals surface area contributed by atoms with Crippen molar-refractivity contribution in [3.8, 4) is 5.75 Å². The van der Waals surface area contributed by atoms with Gasteiger partial charge < -0.3 is 15.0 Å². The molecule has 116 valence electrons. The van der Waals surface area contributed by atoms with Crippen LogP contribution in [0.1, 0.15) is 30.3 Å². The smallest absolute Gasteiger partial charge is 0.251 e. The maximum absolute atomic E-state index is 12.8. The Bertz CT molecular complexity index is 679. The second-order valence-corrected chi connectivity index (χ2v) is 5.38. The Morgan fingerprint density at radius 2 is 1.95 bits per heavy atom. The third-order valence-corrected chi connectivity index (χ3v) is 3.76. The van der Waals surface area contributed by atoms with Crippen LogP contribution >= 0.6 is 0 Å². The number of halogens is 1. The maximum atomic E-state index is 12.8. The first kappa shape index (κ1) is 14.7. The molecule has 1 aromatic heterocycles. The van der Waals surface area contributed by atoms with Crippen LogP contribution in [0, 0.1) is 5.82 Å². The van der Waals surface area contributed by atoms with Crippen molar-refractivity contribution in [3.05, 3.63) is 58.0 Å². The minimum Gasteiger partial charge on any atom is -0.486 e. The number of ether oxygens (including phenoxy) is 1. The van der Waals surface area contributed by atoms with Gasteiger partial charge in [-0.15, -0.1) is 0 Å². The van der Waals surface area contributed by atoms with E-state index in [0.29, 0.717) is 17.5 Å². The van der Waals surface area contributed by atoms with E-state index < -0.39 is 0 Å². The number of H-pyrrole nitrogens is 1. The molecule has 6 heteroatoms. The third-order valence-electron chi connectivity index (χ3n) is 3.76. The molecule has 5 nitrogen and oxygen atoms in total. The van der Waals surface area contributed by atoms with Crippen molar-refractivity contribution in [1.29, 1.82) is 0 Å². The number of rotatable bonds is 4. The molecule has 1 saturated heterocycles. The van der Waals surface area contributed by atoms with Crippen molar-refractivity contribution in [2.24, 2.45) is 0 Å². The molecule has 0 aliphatic carbocycles. The molecule has 2 N–H and O–H groups in total. The van der Waals surface area contributed by atoms with Crippen molar-refractivity contribution in [1.82, 2.24) is 15.3 Å². The molecule has 0 amide bonds. The summed E-state index contributed by atoms with van der Waals surface area (Å²) in [5.41, 5.74) is 0.657. The summed E-state index contributed by atoms with van der Waals surface area (Å²) in [6.45, 7) is 2.04. The predicted octanol–water partition coefficient (Wildman–Crippen LogP) is 1.96. The van der Waals surface area contributed by atoms with Gasteiger partial charge in [-0.05, 0) is 50.2 Å². The summed E-state index contributed by atoms with van der Waals surface area (Å²) in [6.07, 6.45) is 1.96. The normalized spacial score (nSPS) is 15.7. The molecular weight excluding hydrogens is 285 g/mol. The lowest BCUT2D eigenvalue weighted by Gasteiger charge is -2.22. The molecule has 0 atom stereocenters. The Morgan fingerprint density at radius 3 is 2.68 bits per heavy atom. The lowest BCUT2D eigenvalue weighted by Crippen LogP contribution is -2.28. The molecule has 3 rings (SSSR count). The molecule has 1 fully saturated rings. The summed E-state index contributed by atoms with van der Waals surface area (Å²) in [6, 6.07) is 7.32. The predicted molar refractivity (Wildman–Crippen MR) is 80.4 cm³/mol. The molecule has 2 heterocycles. The molecule has 22 heavy (non-hydrogen) atoms. The number of piperidine rings is 1. The first-order chi connectivity index (χ1) is 10.7. The Balaban J connectivity index is 1.71. The highest BCUT2D eigenvalue weighted by molar-refractivity contribution is 5.22. The topological polar surface area (TPSA) is 67.0 Å². The van der Waals surface area contributed by atoms with Gasteiger partial charge in [0.2, 0.25) is 0 Å². The van der Waals surface area contributed by atoms with E-state index in [1.54, 1.807) is 18.2 Å². The summed E-state index contributed by atoms with van der Waals surface area (Å²) in [5, 5.41) is 3.30. The van der Waals surface area contributed by atoms with Gasteiger partial charge in [0, 0.05) is 12.0 Å². The highest BCUT2D eigenvalue weighted by atomic mass is 19.1. The molecule has 0 spiro atoms. The molecule has 1 aliphatic heterocycles. The fraction of sp³-hybridized carbons (Fsp3) is 0.375. The number of nitrogens with zero attached hydrogens (tertiary/aromatic N) is 1. The number of nitrogens with one attached hydrogen (secondary N) is 2. The second kappa shape index (κ2) is 6.70. The number of hydrogen-bond acceptors (Lipinski definition) is 4. The van der Waals surface area contributed by atoms with E-state index in [4.69, 9.17) is 4.74 Å². The largest absolute Gasteiger partial charge is 0.486 e. The van der Waals surface area contributed by atoms with Gasteiger partial charge in [0.15, 0.2) is 0 Å². The van der Waals surface area contributed by atoms with Gasteiger partial charge in [0.1, 0.15) is 24.0 Å². The van der Waals surface area contributed by atoms with Gasteiger partial charge in [0.05, 0.1) is 5.69 Å². The summed E-state index contributed by atoms with van der Waals surface area (Å²) < 4.78 is 18.4. The number of benzene rings is 1. The van der Waals surface area contributed by atoms with Gasteiger partial charge in [-0.2, -0.15) is 0 Å². The standard InChI is InChI=1S/C16H18FN3O2/c17-12-1-3-13(4-2-12)22-10-15-19-14(9-16(21)20-15)11-5-7-18-8-6-11/h1-4,9,11,18H,5-8,10H2,(H,19,20,21). The number of aromatic amines is 1. The van der Waals surface area contributed by atoms with Gasteiger partial charge in [-0.25, -0.2) is 9.37 Å². The van der Waals surface area contributed by atoms with Crippen molar-refractivity contribution < 1.29 is 9.13 Å². The second-order valence-electron chi connectivity index (χ2n) is 5.38. The third kappa shape index (κ3) is 3.71. The molecule has 0 unspecified atom stereocenters. The van der Waals surface area contributed by atoms with E-state index in [9.17, 15) is 9.18 Å². The highest BCUT2D eigenvalue weighted by Gasteiger charge is 2.17. The first-order valence-electron chi connectivity index (χ1n) is 7.40. The van der Waals surface area contributed by atoms with Crippen LogP contribution in [-0.2, 0) is 6.61 Å². The minimum atomic E-state index is -0.313. The summed E-state index contributed by atoms with van der Waals surface area (Å²) in [4.78, 5) is 19.0. The van der Waals surface area contributed by atoms with Gasteiger partial charge in [0.25, 0.3) is 5.56 Å². The maximum Gasteiger partial charge on any atom is 0.251 e. The molecule has 0 radical (unpaired) electrons. The molecular formula is C16H18FN3O2. The van der Waals surface area contributed by atoms with E-state index in [-0.39, 0.29) is 18.0 Å². The van der Waals surface area contributed by atoms with Crippen LogP contribution in [0.5, 0.6) is 5.75 Å². The molecule has 1 aliphatic rings. The van der Waals surface area contributed by atoms with E-state index in [2.05, 4.69) is 15.3 Å². The summed E-state index contributed by atoms with van der Waals surface area (Å²) in [7, 11) is 0. The van der Waals surface area contributed by atoms with E-state index in [1.165, 1.54) is 12.1 Å². The Hall–Kier alpha value is -2.21. The van der Waals surface area contributed by atoms with E-state index in [0.717, 1.165) is 31.6 Å². The van der Waals surface area contributed by atoms with Crippen LogP contribution in [0.15, 0.2) is 35.1 Å². The van der Waals surface area contributed by atoms with Crippen molar-refractivity contribution >= 4 is 0 Å². The molecule has 0 bridgehead atoms. The zero-order valence-electron chi connectivity index (χ0n) is 12.1. The average molecular weight is 303 g/mol. The molecule has 2 aromatic rings. The average Bonchev–Trinajstić information content (AvgIpc) is 2.55. The Labute approximate surface area is 127 Å². The van der Waals surface area contributed by atoms with Crippen LogP contribution in [0.25, 0.3) is 0 Å². The lowest BCUT2D eigenvalue weighted by atomic mass is 9.94. The van der Waals surface area contributed by atoms with Gasteiger partial charge in [-0.3, -0.25) is 4.79 Å². The van der Waals surface area contributed by atoms with Crippen molar-refractivity contribution in [3.63, 3.8) is 0 Å². The fourth-order valence-corrected chi connectivity index (χ4v) is 2.61. The van der Waals surface area contributed by atoms with Crippen LogP contribution in [0.2, 0.25) is 0 Å². The van der Waals surface area contributed by atoms with E-state index >= 15 is 0 Å². The fourth-order valence-electron chi connectivity index (χ4n) is 2.61. The van der Waals surface area contributed by atoms with Crippen LogP contribution < -0.4 is 15.6 Å². The molecule has 1 aromatic carbocycles. The zero-order valence-corrected chi connectivity index (χ0v) is 12.1. The van der Waals surface area contributed by atoms with Crippen LogP contribution in [0.4, 0.5) is 4.39 Å². The highest BCUT2D eigenvalue weighted by Crippen LogP contribution is 2.22. The molecule has 0 saturated carbocycles. The lowest BCUT2D eigenvalue weighted by molar-refractivity contribution is 0.293. The SMILES string of the molecule is O=c1cc(C2CCNCC2)nc(COc2ccc(F)cc2)[nH]1. The van der Waals surface area contributed by atoms with Crippen LogP contribution in [0.3, 0.4) is 0 Å². The summed E-state index contributed by atoms with van der Waals surface area (Å²) in [5.74, 6) is 1.03. The van der Waals surface area contributed by atoms with Crippen molar-refractivity contribution in [2.75, 3.05) is 13.1 Å². The van der Waals surface area contributed by atoms with E-state index in [1.807, 2.05) is 0 Å². The summed E-state index contributed by atoms with van der Waals surface area (Å²) >= 11 is 0. The Morgan fingerprint density at radius 1 is 1.23 bits per heavy atom. The quantitative estimate of drug-likeness (QED) is 0.906. The first-order valence-corrected chi connectivity index (χ1v) is 7.40. The minimum absolute atomic E-state index is 0.152. The van der Waals surface area contributed by atoms with Crippen molar-refractivity contribution in [2.45, 2.75) is 25.4 Å². The number of aromatic nitrogens is 2. The Kier molecular flexibility index (Phi) is 4.48.